The van der Waals surface area contributed by atoms with E-state index in [2.05, 4.69) is 30.4 Å². The van der Waals surface area contributed by atoms with Crippen LogP contribution in [0, 0.1) is 0 Å². The van der Waals surface area contributed by atoms with E-state index in [1.807, 2.05) is 0 Å². The Morgan fingerprint density at radius 2 is 2.03 bits per heavy atom. The molecule has 0 radical (unpaired) electrons. The van der Waals surface area contributed by atoms with Gasteiger partial charge in [-0.05, 0) is 12.5 Å². The summed E-state index contributed by atoms with van der Waals surface area (Å²) in [5.41, 5.74) is 1.22. The zero-order valence-electron chi connectivity index (χ0n) is 17.8. The number of carbonyl (C=O) groups is 2. The summed E-state index contributed by atoms with van der Waals surface area (Å²) in [6, 6.07) is 2.66. The van der Waals surface area contributed by atoms with Crippen LogP contribution < -0.4 is 5.32 Å². The number of aromatic nitrogens is 4. The average Bonchev–Trinajstić information content (AvgIpc) is 3.44. The van der Waals surface area contributed by atoms with Gasteiger partial charge in [-0.1, -0.05) is 12.1 Å². The predicted octanol–water partition coefficient (Wildman–Crippen LogP) is 3.82. The Kier molecular flexibility index (Phi) is 5.22. The molecule has 0 aliphatic carbocycles. The third kappa shape index (κ3) is 4.06. The van der Waals surface area contributed by atoms with Crippen molar-refractivity contribution in [1.82, 2.24) is 20.1 Å². The second-order valence-electron chi connectivity index (χ2n) is 8.18. The lowest BCUT2D eigenvalue weighted by Gasteiger charge is -2.17. The number of anilines is 1. The SMILES string of the molecule is C[C@@H](CC(=O)c1ncnc2c1CCC(=O)N2)c1cc(C2=Nc3ncc(C(F)(F)F)cc3C2)no1. The van der Waals surface area contributed by atoms with Gasteiger partial charge in [0.1, 0.15) is 29.3 Å². The minimum absolute atomic E-state index is 0.0786. The van der Waals surface area contributed by atoms with Crippen LogP contribution in [0.1, 0.15) is 64.3 Å². The van der Waals surface area contributed by atoms with E-state index in [0.717, 1.165) is 12.3 Å². The van der Waals surface area contributed by atoms with E-state index < -0.39 is 11.7 Å². The number of pyridine rings is 1. The Bertz CT molecular complexity index is 1350. The lowest BCUT2D eigenvalue weighted by Crippen LogP contribution is -2.23. The molecular weight excluding hydrogens is 453 g/mol. The van der Waals surface area contributed by atoms with Gasteiger partial charge in [0.05, 0.1) is 11.3 Å². The van der Waals surface area contributed by atoms with Crippen molar-refractivity contribution in [1.29, 1.82) is 0 Å². The van der Waals surface area contributed by atoms with E-state index in [1.54, 1.807) is 13.0 Å². The molecule has 0 spiro atoms. The van der Waals surface area contributed by atoms with Crippen LogP contribution >= 0.6 is 0 Å². The summed E-state index contributed by atoms with van der Waals surface area (Å²) in [5.74, 6) is 0.268. The topological polar surface area (TPSA) is 123 Å². The fourth-order valence-corrected chi connectivity index (χ4v) is 3.95. The molecule has 1 amide bonds. The number of alkyl halides is 3. The minimum atomic E-state index is -4.48. The monoisotopic (exact) mass is 470 g/mol. The zero-order chi connectivity index (χ0) is 24.0. The van der Waals surface area contributed by atoms with Gasteiger partial charge in [-0.15, -0.1) is 0 Å². The highest BCUT2D eigenvalue weighted by atomic mass is 19.4. The zero-order valence-corrected chi connectivity index (χ0v) is 17.8. The van der Waals surface area contributed by atoms with Crippen molar-refractivity contribution in [2.45, 2.75) is 44.7 Å². The van der Waals surface area contributed by atoms with Gasteiger partial charge in [0.2, 0.25) is 5.91 Å². The number of rotatable bonds is 5. The van der Waals surface area contributed by atoms with E-state index in [9.17, 15) is 22.8 Å². The summed E-state index contributed by atoms with van der Waals surface area (Å²) in [6.45, 7) is 1.79. The first-order chi connectivity index (χ1) is 16.2. The third-order valence-corrected chi connectivity index (χ3v) is 5.74. The van der Waals surface area contributed by atoms with Crippen molar-refractivity contribution in [3.05, 3.63) is 58.5 Å². The molecule has 12 heteroatoms. The summed E-state index contributed by atoms with van der Waals surface area (Å²) < 4.78 is 44.2. The maximum Gasteiger partial charge on any atom is 0.417 e. The Morgan fingerprint density at radius 3 is 2.82 bits per heavy atom. The van der Waals surface area contributed by atoms with Crippen molar-refractivity contribution in [2.24, 2.45) is 4.99 Å². The number of Topliss-reactive ketones (excluding diaryl/α,β-unsaturated/α-hetero) is 1. The Labute approximate surface area is 190 Å². The lowest BCUT2D eigenvalue weighted by atomic mass is 9.95. The number of halogens is 3. The second-order valence-corrected chi connectivity index (χ2v) is 8.18. The molecule has 0 saturated heterocycles. The second kappa shape index (κ2) is 8.12. The van der Waals surface area contributed by atoms with E-state index in [-0.39, 0.29) is 48.4 Å². The summed E-state index contributed by atoms with van der Waals surface area (Å²) in [4.78, 5) is 40.7. The number of aliphatic imine (C=N–C) groups is 1. The molecule has 174 valence electrons. The molecule has 0 unspecified atom stereocenters. The fourth-order valence-electron chi connectivity index (χ4n) is 3.95. The van der Waals surface area contributed by atoms with E-state index in [4.69, 9.17) is 4.52 Å². The van der Waals surface area contributed by atoms with Crippen LogP contribution in [0.4, 0.5) is 24.8 Å². The van der Waals surface area contributed by atoms with Gasteiger partial charge >= 0.3 is 6.18 Å². The maximum absolute atomic E-state index is 12.9. The third-order valence-electron chi connectivity index (χ3n) is 5.74. The van der Waals surface area contributed by atoms with Gasteiger partial charge in [-0.2, -0.15) is 13.2 Å². The number of hydrogen-bond donors (Lipinski definition) is 1. The Balaban J connectivity index is 1.30. The standard InChI is InChI=1S/C22H17F3N6O3/c1-10(4-16(32)19-13-2-3-18(33)30-21(13)28-9-27-19)17-7-15(31-34-17)14-6-11-5-12(22(23,24)25)8-26-20(11)29-14/h5,7-10H,2-4,6H2,1H3,(H,27,28,30,33)/t10-/m0/s1. The molecule has 0 bridgehead atoms. The smallest absolute Gasteiger partial charge is 0.360 e. The lowest BCUT2D eigenvalue weighted by molar-refractivity contribution is -0.137. The van der Waals surface area contributed by atoms with Crippen molar-refractivity contribution >= 4 is 29.0 Å². The molecule has 0 fully saturated rings. The number of hydrogen-bond acceptors (Lipinski definition) is 8. The van der Waals surface area contributed by atoms with Gasteiger partial charge < -0.3 is 9.84 Å². The van der Waals surface area contributed by atoms with Crippen LogP contribution in [0.3, 0.4) is 0 Å². The molecular formula is C22H17F3N6O3. The summed E-state index contributed by atoms with van der Waals surface area (Å²) in [6.07, 6.45) is -1.63. The van der Waals surface area contributed by atoms with Crippen LogP contribution in [0.15, 0.2) is 34.2 Å². The summed E-state index contributed by atoms with van der Waals surface area (Å²) >= 11 is 0. The highest BCUT2D eigenvalue weighted by molar-refractivity contribution is 6.05. The van der Waals surface area contributed by atoms with Crippen LogP contribution in [-0.4, -0.2) is 37.5 Å². The minimum Gasteiger partial charge on any atom is -0.360 e. The first kappa shape index (κ1) is 21.9. The van der Waals surface area contributed by atoms with E-state index >= 15 is 0 Å². The van der Waals surface area contributed by atoms with Crippen LogP contribution in [0.2, 0.25) is 0 Å². The molecule has 9 nitrogen and oxygen atoms in total. The van der Waals surface area contributed by atoms with Gasteiger partial charge in [0, 0.05) is 48.6 Å². The molecule has 5 rings (SSSR count). The normalized spacial score (nSPS) is 15.9. The largest absolute Gasteiger partial charge is 0.417 e. The van der Waals surface area contributed by atoms with Crippen molar-refractivity contribution in [2.75, 3.05) is 5.32 Å². The van der Waals surface area contributed by atoms with Gasteiger partial charge in [-0.25, -0.2) is 19.9 Å². The van der Waals surface area contributed by atoms with Crippen LogP contribution in [-0.2, 0) is 23.8 Å². The summed E-state index contributed by atoms with van der Waals surface area (Å²) in [5, 5.41) is 6.63. The molecule has 3 aromatic heterocycles. The molecule has 2 aliphatic rings. The van der Waals surface area contributed by atoms with Gasteiger partial charge in [-0.3, -0.25) is 9.59 Å². The van der Waals surface area contributed by atoms with Gasteiger partial charge in [0.15, 0.2) is 11.6 Å². The van der Waals surface area contributed by atoms with Gasteiger partial charge in [0.25, 0.3) is 0 Å². The maximum atomic E-state index is 12.9. The van der Waals surface area contributed by atoms with E-state index in [0.29, 0.717) is 40.5 Å². The van der Waals surface area contributed by atoms with Crippen LogP contribution in [0.25, 0.3) is 0 Å². The number of carbonyl (C=O) groups excluding carboxylic acids is 2. The summed E-state index contributed by atoms with van der Waals surface area (Å²) in [7, 11) is 0. The molecule has 1 N–H and O–H groups in total. The van der Waals surface area contributed by atoms with Crippen molar-refractivity contribution < 1.29 is 27.3 Å². The number of amides is 1. The highest BCUT2D eigenvalue weighted by Crippen LogP contribution is 2.34. The highest BCUT2D eigenvalue weighted by Gasteiger charge is 2.33. The first-order valence-electron chi connectivity index (χ1n) is 10.5. The Hall–Kier alpha value is -3.96. The molecule has 34 heavy (non-hydrogen) atoms. The molecule has 3 aromatic rings. The number of fused-ring (bicyclic) bond motifs is 2. The van der Waals surface area contributed by atoms with E-state index in [1.165, 1.54) is 6.33 Å². The molecule has 0 aromatic carbocycles. The average molecular weight is 470 g/mol. The predicted molar refractivity (Wildman–Crippen MR) is 112 cm³/mol. The number of ketones is 1. The molecule has 5 heterocycles. The van der Waals surface area contributed by atoms with Crippen LogP contribution in [0.5, 0.6) is 0 Å². The molecule has 2 aliphatic heterocycles. The van der Waals surface area contributed by atoms with Crippen molar-refractivity contribution in [3.63, 3.8) is 0 Å². The molecule has 0 saturated carbocycles. The fraction of sp³-hybridized carbons (Fsp3) is 0.318. The number of nitrogens with one attached hydrogen (secondary N) is 1. The van der Waals surface area contributed by atoms with Crippen molar-refractivity contribution in [3.8, 4) is 0 Å². The quantitative estimate of drug-likeness (QED) is 0.563. The Morgan fingerprint density at radius 1 is 1.21 bits per heavy atom. The first-order valence-corrected chi connectivity index (χ1v) is 10.5. The number of nitrogens with zero attached hydrogens (tertiary/aromatic N) is 5. The molecule has 1 atom stereocenters.